The Morgan fingerprint density at radius 2 is 2.17 bits per heavy atom. The van der Waals surface area contributed by atoms with Crippen molar-refractivity contribution >= 4 is 5.97 Å². The number of ether oxygens (including phenoxy) is 1. The summed E-state index contributed by atoms with van der Waals surface area (Å²) >= 11 is 0. The van der Waals surface area contributed by atoms with Gasteiger partial charge in [0.1, 0.15) is 0 Å². The van der Waals surface area contributed by atoms with Crippen molar-refractivity contribution in [2.24, 2.45) is 5.73 Å². The number of pyridine rings is 1. The standard InChI is InChI=1S/C11H13F3N2O2/c1-2-18-9(17)3-6-7(4-15)11(14)16-5-8(6)10(12)13/h5,10H,2-4,15H2,1H3. The van der Waals surface area contributed by atoms with E-state index in [-0.39, 0.29) is 24.3 Å². The highest BCUT2D eigenvalue weighted by molar-refractivity contribution is 5.73. The second-order valence-corrected chi connectivity index (χ2v) is 3.45. The van der Waals surface area contributed by atoms with Crippen LogP contribution in [0, 0.1) is 5.95 Å². The van der Waals surface area contributed by atoms with Gasteiger partial charge >= 0.3 is 5.97 Å². The molecule has 1 rings (SSSR count). The van der Waals surface area contributed by atoms with Gasteiger partial charge in [-0.1, -0.05) is 0 Å². The second-order valence-electron chi connectivity index (χ2n) is 3.45. The number of rotatable bonds is 5. The topological polar surface area (TPSA) is 65.2 Å². The number of nitrogens with zero attached hydrogens (tertiary/aromatic N) is 1. The fourth-order valence-corrected chi connectivity index (χ4v) is 1.54. The number of esters is 1. The lowest BCUT2D eigenvalue weighted by atomic mass is 10.0. The molecule has 0 aliphatic carbocycles. The van der Waals surface area contributed by atoms with Gasteiger partial charge in [-0.15, -0.1) is 0 Å². The number of aromatic nitrogens is 1. The molecule has 4 nitrogen and oxygen atoms in total. The fraction of sp³-hybridized carbons (Fsp3) is 0.455. The molecule has 7 heteroatoms. The van der Waals surface area contributed by atoms with Crippen molar-refractivity contribution in [1.29, 1.82) is 0 Å². The number of hydrogen-bond donors (Lipinski definition) is 1. The number of carbonyl (C=O) groups excluding carboxylic acids is 1. The van der Waals surface area contributed by atoms with Crippen LogP contribution >= 0.6 is 0 Å². The van der Waals surface area contributed by atoms with E-state index in [1.807, 2.05) is 0 Å². The molecule has 0 aliphatic heterocycles. The van der Waals surface area contributed by atoms with Crippen LogP contribution in [0.5, 0.6) is 0 Å². The predicted molar refractivity (Wildman–Crippen MR) is 57.4 cm³/mol. The maximum Gasteiger partial charge on any atom is 0.310 e. The van der Waals surface area contributed by atoms with Gasteiger partial charge in [0.25, 0.3) is 6.43 Å². The summed E-state index contributed by atoms with van der Waals surface area (Å²) in [6.45, 7) is 1.39. The maximum atomic E-state index is 13.3. The number of carbonyl (C=O) groups is 1. The summed E-state index contributed by atoms with van der Waals surface area (Å²) in [5, 5.41) is 0. The fourth-order valence-electron chi connectivity index (χ4n) is 1.54. The predicted octanol–water partition coefficient (Wildman–Crippen LogP) is 1.72. The molecular formula is C11H13F3N2O2. The van der Waals surface area contributed by atoms with Crippen LogP contribution in [0.4, 0.5) is 13.2 Å². The van der Waals surface area contributed by atoms with Gasteiger partial charge in [0.15, 0.2) is 0 Å². The van der Waals surface area contributed by atoms with Crippen molar-refractivity contribution in [3.63, 3.8) is 0 Å². The Balaban J connectivity index is 3.19. The van der Waals surface area contributed by atoms with E-state index in [0.717, 1.165) is 0 Å². The summed E-state index contributed by atoms with van der Waals surface area (Å²) in [5.41, 5.74) is 4.48. The van der Waals surface area contributed by atoms with Crippen molar-refractivity contribution in [2.75, 3.05) is 6.61 Å². The molecule has 100 valence electrons. The van der Waals surface area contributed by atoms with E-state index in [4.69, 9.17) is 5.73 Å². The lowest BCUT2D eigenvalue weighted by Gasteiger charge is -2.13. The zero-order valence-electron chi connectivity index (χ0n) is 9.75. The van der Waals surface area contributed by atoms with Gasteiger partial charge in [0.05, 0.1) is 13.0 Å². The molecule has 2 N–H and O–H groups in total. The Hall–Kier alpha value is -1.63. The minimum Gasteiger partial charge on any atom is -0.466 e. The summed E-state index contributed by atoms with van der Waals surface area (Å²) in [4.78, 5) is 14.5. The Bertz CT molecular complexity index is 439. The van der Waals surface area contributed by atoms with Crippen molar-refractivity contribution < 1.29 is 22.7 Å². The highest BCUT2D eigenvalue weighted by atomic mass is 19.3. The molecule has 1 aromatic heterocycles. The van der Waals surface area contributed by atoms with E-state index in [9.17, 15) is 18.0 Å². The van der Waals surface area contributed by atoms with Crippen LogP contribution in [0.25, 0.3) is 0 Å². The van der Waals surface area contributed by atoms with Crippen molar-refractivity contribution in [1.82, 2.24) is 4.98 Å². The number of hydrogen-bond acceptors (Lipinski definition) is 4. The van der Waals surface area contributed by atoms with E-state index < -0.39 is 30.3 Å². The van der Waals surface area contributed by atoms with Crippen LogP contribution in [-0.4, -0.2) is 17.6 Å². The van der Waals surface area contributed by atoms with E-state index in [2.05, 4.69) is 9.72 Å². The third-order valence-corrected chi connectivity index (χ3v) is 2.34. The lowest BCUT2D eigenvalue weighted by molar-refractivity contribution is -0.142. The van der Waals surface area contributed by atoms with Crippen LogP contribution in [0.3, 0.4) is 0 Å². The molecule has 0 saturated carbocycles. The number of halogens is 3. The first-order chi connectivity index (χ1) is 8.51. The average Bonchev–Trinajstić information content (AvgIpc) is 2.29. The smallest absolute Gasteiger partial charge is 0.310 e. The summed E-state index contributed by atoms with van der Waals surface area (Å²) in [6.07, 6.45) is -2.58. The summed E-state index contributed by atoms with van der Waals surface area (Å²) in [7, 11) is 0. The highest BCUT2D eigenvalue weighted by Gasteiger charge is 2.22. The third-order valence-electron chi connectivity index (χ3n) is 2.34. The number of nitrogens with two attached hydrogens (primary N) is 1. The van der Waals surface area contributed by atoms with Crippen molar-refractivity contribution in [3.8, 4) is 0 Å². The maximum absolute atomic E-state index is 13.3. The Morgan fingerprint density at radius 1 is 1.50 bits per heavy atom. The third kappa shape index (κ3) is 3.19. The Morgan fingerprint density at radius 3 is 2.67 bits per heavy atom. The summed E-state index contributed by atoms with van der Waals surface area (Å²) in [5.74, 6) is -1.65. The van der Waals surface area contributed by atoms with Crippen LogP contribution < -0.4 is 5.73 Å². The van der Waals surface area contributed by atoms with Gasteiger partial charge < -0.3 is 10.5 Å². The van der Waals surface area contributed by atoms with E-state index in [0.29, 0.717) is 6.20 Å². The molecule has 0 atom stereocenters. The zero-order valence-corrected chi connectivity index (χ0v) is 9.75. The number of alkyl halides is 2. The van der Waals surface area contributed by atoms with E-state index in [1.54, 1.807) is 6.92 Å². The first-order valence-corrected chi connectivity index (χ1v) is 5.31. The SMILES string of the molecule is CCOC(=O)Cc1c(C(F)F)cnc(F)c1CN. The molecule has 0 aromatic carbocycles. The normalized spacial score (nSPS) is 10.8. The first-order valence-electron chi connectivity index (χ1n) is 5.31. The van der Waals surface area contributed by atoms with E-state index >= 15 is 0 Å². The lowest BCUT2D eigenvalue weighted by Crippen LogP contribution is -2.15. The molecule has 1 aromatic rings. The van der Waals surface area contributed by atoms with Crippen LogP contribution in [-0.2, 0) is 22.5 Å². The first kappa shape index (κ1) is 14.4. The molecule has 0 bridgehead atoms. The molecule has 0 aliphatic rings. The minimum absolute atomic E-state index is 0.119. The van der Waals surface area contributed by atoms with Crippen LogP contribution in [0.2, 0.25) is 0 Å². The van der Waals surface area contributed by atoms with Gasteiger partial charge in [-0.2, -0.15) is 4.39 Å². The van der Waals surface area contributed by atoms with Gasteiger partial charge in [-0.05, 0) is 12.5 Å². The average molecular weight is 262 g/mol. The summed E-state index contributed by atoms with van der Waals surface area (Å²) in [6, 6.07) is 0. The Labute approximate surface area is 102 Å². The van der Waals surface area contributed by atoms with Gasteiger partial charge in [0, 0.05) is 23.9 Å². The molecule has 0 saturated heterocycles. The van der Waals surface area contributed by atoms with Crippen LogP contribution in [0.1, 0.15) is 30.0 Å². The summed E-state index contributed by atoms with van der Waals surface area (Å²) < 4.78 is 43.5. The molecular weight excluding hydrogens is 249 g/mol. The quantitative estimate of drug-likeness (QED) is 0.648. The van der Waals surface area contributed by atoms with Gasteiger partial charge in [-0.3, -0.25) is 4.79 Å². The molecule has 0 spiro atoms. The molecule has 1 heterocycles. The highest BCUT2D eigenvalue weighted by Crippen LogP contribution is 2.26. The van der Waals surface area contributed by atoms with Crippen molar-refractivity contribution in [3.05, 3.63) is 28.8 Å². The molecule has 0 unspecified atom stereocenters. The minimum atomic E-state index is -2.85. The monoisotopic (exact) mass is 262 g/mol. The van der Waals surface area contributed by atoms with Crippen LogP contribution in [0.15, 0.2) is 6.20 Å². The molecule has 0 amide bonds. The van der Waals surface area contributed by atoms with Gasteiger partial charge in [0.2, 0.25) is 5.95 Å². The molecule has 18 heavy (non-hydrogen) atoms. The van der Waals surface area contributed by atoms with Gasteiger partial charge in [-0.25, -0.2) is 13.8 Å². The second kappa shape index (κ2) is 6.34. The molecule has 0 radical (unpaired) electrons. The van der Waals surface area contributed by atoms with Crippen molar-refractivity contribution in [2.45, 2.75) is 26.3 Å². The Kier molecular flexibility index (Phi) is 5.08. The molecule has 0 fully saturated rings. The zero-order chi connectivity index (χ0) is 13.7. The largest absolute Gasteiger partial charge is 0.466 e. The van der Waals surface area contributed by atoms with E-state index in [1.165, 1.54) is 0 Å².